The van der Waals surface area contributed by atoms with Crippen LogP contribution < -0.4 is 5.32 Å². The second kappa shape index (κ2) is 8.93. The molecular weight excluding hydrogens is 400 g/mol. The number of hydrogen-bond donors (Lipinski definition) is 1. The number of rotatable bonds is 5. The smallest absolute Gasteiger partial charge is 0.254 e. The standard InChI is InChI=1S/C25H22N6O/c32-25(18-10-13-26-14-11-18)31-15-5-9-22(31)24-29-21(19-6-4-12-27-17-19)16-23(30-24)28-20-7-2-1-3-8-20/h1-4,6-8,10-14,16-17,22H,5,9,15H2,(H,28,29,30)/t22-/m0/s1. The molecule has 0 radical (unpaired) electrons. The maximum atomic E-state index is 13.2. The minimum atomic E-state index is -0.191. The van der Waals surface area contributed by atoms with Gasteiger partial charge in [0.15, 0.2) is 5.82 Å². The van der Waals surface area contributed by atoms with Gasteiger partial charge in [0.25, 0.3) is 5.91 Å². The van der Waals surface area contributed by atoms with Crippen LogP contribution in [0.5, 0.6) is 0 Å². The zero-order valence-corrected chi connectivity index (χ0v) is 17.4. The lowest BCUT2D eigenvalue weighted by Gasteiger charge is -2.24. The van der Waals surface area contributed by atoms with Gasteiger partial charge >= 0.3 is 0 Å². The number of pyridine rings is 2. The third-order valence-corrected chi connectivity index (χ3v) is 5.49. The van der Waals surface area contributed by atoms with Crippen molar-refractivity contribution in [3.63, 3.8) is 0 Å². The van der Waals surface area contributed by atoms with Gasteiger partial charge in [0, 0.05) is 54.2 Å². The highest BCUT2D eigenvalue weighted by Gasteiger charge is 2.33. The molecule has 1 amide bonds. The van der Waals surface area contributed by atoms with E-state index >= 15 is 0 Å². The number of hydrogen-bond acceptors (Lipinski definition) is 6. The molecule has 7 heteroatoms. The second-order valence-corrected chi connectivity index (χ2v) is 7.62. The number of anilines is 2. The van der Waals surface area contributed by atoms with Crippen molar-refractivity contribution in [3.8, 4) is 11.3 Å². The van der Waals surface area contributed by atoms with Gasteiger partial charge in [-0.1, -0.05) is 18.2 Å². The largest absolute Gasteiger partial charge is 0.340 e. The van der Waals surface area contributed by atoms with Gasteiger partial charge in [0.05, 0.1) is 11.7 Å². The highest BCUT2D eigenvalue weighted by atomic mass is 16.2. The average molecular weight is 422 g/mol. The SMILES string of the molecule is O=C(c1ccncc1)N1CCC[C@H]1c1nc(Nc2ccccc2)cc(-c2cccnc2)n1. The van der Waals surface area contributed by atoms with E-state index in [1.54, 1.807) is 36.9 Å². The number of aromatic nitrogens is 4. The number of nitrogens with zero attached hydrogens (tertiary/aromatic N) is 5. The Kier molecular flexibility index (Phi) is 5.53. The minimum absolute atomic E-state index is 0.0251. The fraction of sp³-hybridized carbons (Fsp3) is 0.160. The van der Waals surface area contributed by atoms with E-state index in [2.05, 4.69) is 15.3 Å². The summed E-state index contributed by atoms with van der Waals surface area (Å²) in [7, 11) is 0. The first-order valence-electron chi connectivity index (χ1n) is 10.6. The summed E-state index contributed by atoms with van der Waals surface area (Å²) in [5.41, 5.74) is 3.23. The van der Waals surface area contributed by atoms with Crippen LogP contribution in [0.1, 0.15) is 35.1 Å². The predicted molar refractivity (Wildman–Crippen MR) is 122 cm³/mol. The lowest BCUT2D eigenvalue weighted by Crippen LogP contribution is -2.31. The molecule has 1 aromatic carbocycles. The van der Waals surface area contributed by atoms with Crippen LogP contribution in [-0.4, -0.2) is 37.3 Å². The van der Waals surface area contributed by atoms with Crippen LogP contribution in [0.3, 0.4) is 0 Å². The van der Waals surface area contributed by atoms with Crippen LogP contribution in [0.4, 0.5) is 11.5 Å². The molecule has 1 saturated heterocycles. The first-order valence-corrected chi connectivity index (χ1v) is 10.6. The molecule has 0 aliphatic carbocycles. The number of carbonyl (C=O) groups is 1. The molecule has 0 bridgehead atoms. The first-order chi connectivity index (χ1) is 15.8. The Bertz CT molecular complexity index is 1200. The second-order valence-electron chi connectivity index (χ2n) is 7.62. The number of carbonyl (C=O) groups excluding carboxylic acids is 1. The minimum Gasteiger partial charge on any atom is -0.340 e. The average Bonchev–Trinajstić information content (AvgIpc) is 3.35. The van der Waals surface area contributed by atoms with Crippen LogP contribution in [-0.2, 0) is 0 Å². The van der Waals surface area contributed by atoms with Gasteiger partial charge in [0.2, 0.25) is 0 Å². The molecule has 0 unspecified atom stereocenters. The maximum absolute atomic E-state index is 13.2. The molecular formula is C25H22N6O. The molecule has 5 rings (SSSR count). The predicted octanol–water partition coefficient (Wildman–Crippen LogP) is 4.65. The Morgan fingerprint density at radius 2 is 1.78 bits per heavy atom. The zero-order valence-electron chi connectivity index (χ0n) is 17.4. The highest BCUT2D eigenvalue weighted by Crippen LogP contribution is 2.33. The summed E-state index contributed by atoms with van der Waals surface area (Å²) in [4.78, 5) is 33.0. The van der Waals surface area contributed by atoms with E-state index < -0.39 is 0 Å². The normalized spacial score (nSPS) is 15.5. The summed E-state index contributed by atoms with van der Waals surface area (Å²) in [6.45, 7) is 0.674. The van der Waals surface area contributed by atoms with Crippen molar-refractivity contribution in [3.05, 3.63) is 96.8 Å². The number of para-hydroxylation sites is 1. The summed E-state index contributed by atoms with van der Waals surface area (Å²) in [6.07, 6.45) is 8.52. The molecule has 1 fully saturated rings. The molecule has 0 spiro atoms. The molecule has 3 aromatic heterocycles. The number of benzene rings is 1. The van der Waals surface area contributed by atoms with E-state index in [9.17, 15) is 4.79 Å². The Labute approximate surface area is 186 Å². The van der Waals surface area contributed by atoms with Gasteiger partial charge < -0.3 is 10.2 Å². The summed E-state index contributed by atoms with van der Waals surface area (Å²) in [5.74, 6) is 1.29. The van der Waals surface area contributed by atoms with E-state index in [1.165, 1.54) is 0 Å². The molecule has 7 nitrogen and oxygen atoms in total. The van der Waals surface area contributed by atoms with Gasteiger partial charge in [-0.25, -0.2) is 9.97 Å². The molecule has 1 atom stereocenters. The Morgan fingerprint density at radius 3 is 2.56 bits per heavy atom. The summed E-state index contributed by atoms with van der Waals surface area (Å²) < 4.78 is 0. The Hall–Kier alpha value is -4.13. The van der Waals surface area contributed by atoms with Gasteiger partial charge in [0.1, 0.15) is 5.82 Å². The van der Waals surface area contributed by atoms with Gasteiger partial charge in [-0.05, 0) is 49.2 Å². The lowest BCUT2D eigenvalue weighted by atomic mass is 10.1. The topological polar surface area (TPSA) is 83.9 Å². The third kappa shape index (κ3) is 4.18. The molecule has 32 heavy (non-hydrogen) atoms. The van der Waals surface area contributed by atoms with E-state index in [1.807, 2.05) is 53.4 Å². The van der Waals surface area contributed by atoms with Crippen molar-refractivity contribution in [1.82, 2.24) is 24.8 Å². The molecule has 4 heterocycles. The van der Waals surface area contributed by atoms with E-state index in [0.29, 0.717) is 23.8 Å². The van der Waals surface area contributed by atoms with Gasteiger partial charge in [-0.2, -0.15) is 0 Å². The van der Waals surface area contributed by atoms with Gasteiger partial charge in [-0.3, -0.25) is 14.8 Å². The molecule has 1 aliphatic heterocycles. The van der Waals surface area contributed by atoms with E-state index in [-0.39, 0.29) is 11.9 Å². The van der Waals surface area contributed by atoms with Crippen LogP contribution in [0.25, 0.3) is 11.3 Å². The van der Waals surface area contributed by atoms with Crippen molar-refractivity contribution in [1.29, 1.82) is 0 Å². The summed E-state index contributed by atoms with van der Waals surface area (Å²) >= 11 is 0. The van der Waals surface area contributed by atoms with Crippen LogP contribution in [0.2, 0.25) is 0 Å². The lowest BCUT2D eigenvalue weighted by molar-refractivity contribution is 0.0730. The monoisotopic (exact) mass is 422 g/mol. The van der Waals surface area contributed by atoms with Crippen molar-refractivity contribution >= 4 is 17.4 Å². The fourth-order valence-corrected chi connectivity index (χ4v) is 3.95. The fourth-order valence-electron chi connectivity index (χ4n) is 3.95. The van der Waals surface area contributed by atoms with Gasteiger partial charge in [-0.15, -0.1) is 0 Å². The number of amides is 1. The highest BCUT2D eigenvalue weighted by molar-refractivity contribution is 5.94. The maximum Gasteiger partial charge on any atom is 0.254 e. The Balaban J connectivity index is 1.53. The summed E-state index contributed by atoms with van der Waals surface area (Å²) in [5, 5.41) is 3.37. The molecule has 1 N–H and O–H groups in total. The van der Waals surface area contributed by atoms with E-state index in [0.717, 1.165) is 29.8 Å². The number of likely N-dealkylation sites (tertiary alicyclic amines) is 1. The van der Waals surface area contributed by atoms with Crippen molar-refractivity contribution in [2.75, 3.05) is 11.9 Å². The molecule has 0 saturated carbocycles. The Morgan fingerprint density at radius 1 is 0.938 bits per heavy atom. The number of nitrogens with one attached hydrogen (secondary N) is 1. The zero-order chi connectivity index (χ0) is 21.8. The van der Waals surface area contributed by atoms with Crippen LogP contribution >= 0.6 is 0 Å². The quantitative estimate of drug-likeness (QED) is 0.504. The van der Waals surface area contributed by atoms with Crippen molar-refractivity contribution in [2.45, 2.75) is 18.9 Å². The van der Waals surface area contributed by atoms with Crippen LogP contribution in [0.15, 0.2) is 85.5 Å². The summed E-state index contributed by atoms with van der Waals surface area (Å²) in [6, 6.07) is 19.0. The van der Waals surface area contributed by atoms with Crippen molar-refractivity contribution in [2.24, 2.45) is 0 Å². The molecule has 158 valence electrons. The third-order valence-electron chi connectivity index (χ3n) is 5.49. The van der Waals surface area contributed by atoms with Crippen LogP contribution in [0, 0.1) is 0 Å². The first kappa shape index (κ1) is 19.8. The van der Waals surface area contributed by atoms with E-state index in [4.69, 9.17) is 9.97 Å². The van der Waals surface area contributed by atoms with Crippen molar-refractivity contribution < 1.29 is 4.79 Å². The molecule has 1 aliphatic rings. The molecule has 4 aromatic rings.